The van der Waals surface area contributed by atoms with E-state index in [1.165, 1.54) is 18.2 Å². The first kappa shape index (κ1) is 20.8. The van der Waals surface area contributed by atoms with E-state index in [-0.39, 0.29) is 11.5 Å². The first-order chi connectivity index (χ1) is 12.4. The van der Waals surface area contributed by atoms with Crippen molar-refractivity contribution in [1.29, 1.82) is 0 Å². The molecule has 0 bridgehead atoms. The molecule has 5 nitrogen and oxygen atoms in total. The lowest BCUT2D eigenvalue weighted by atomic mass is 10.0. The van der Waals surface area contributed by atoms with Crippen molar-refractivity contribution in [2.75, 3.05) is 4.72 Å². The second kappa shape index (κ2) is 7.59. The van der Waals surface area contributed by atoms with E-state index >= 15 is 0 Å². The quantitative estimate of drug-likeness (QED) is 0.773. The van der Waals surface area contributed by atoms with E-state index in [1.54, 1.807) is 6.07 Å². The maximum atomic E-state index is 13.1. The molecule has 2 rings (SSSR count). The van der Waals surface area contributed by atoms with Gasteiger partial charge in [-0.05, 0) is 42.2 Å². The molecule has 27 heavy (non-hydrogen) atoms. The second-order valence-corrected chi connectivity index (χ2v) is 8.09. The molecular weight excluding hydrogens is 381 g/mol. The molecule has 0 spiro atoms. The molecule has 0 saturated carbocycles. The number of alkyl halides is 3. The lowest BCUT2D eigenvalue weighted by molar-refractivity contribution is -0.136. The van der Waals surface area contributed by atoms with Crippen LogP contribution in [0, 0.1) is 5.92 Å². The van der Waals surface area contributed by atoms with Crippen molar-refractivity contribution in [3.63, 3.8) is 0 Å². The summed E-state index contributed by atoms with van der Waals surface area (Å²) in [6, 6.07) is 8.30. The van der Waals surface area contributed by atoms with Crippen molar-refractivity contribution >= 4 is 21.6 Å². The lowest BCUT2D eigenvalue weighted by Crippen LogP contribution is -2.22. The van der Waals surface area contributed by atoms with Crippen LogP contribution in [0.3, 0.4) is 0 Å². The summed E-state index contributed by atoms with van der Waals surface area (Å²) in [6.07, 6.45) is -4.22. The van der Waals surface area contributed by atoms with E-state index in [0.29, 0.717) is 12.0 Å². The summed E-state index contributed by atoms with van der Waals surface area (Å²) in [6.45, 7) is 3.85. The number of rotatable bonds is 6. The second-order valence-electron chi connectivity index (χ2n) is 6.44. The summed E-state index contributed by atoms with van der Waals surface area (Å²) < 4.78 is 66.8. The average Bonchev–Trinajstić information content (AvgIpc) is 2.53. The Hall–Kier alpha value is -2.55. The molecular formula is C18H19F3N2O3S. The molecule has 0 aliphatic carbocycles. The summed E-state index contributed by atoms with van der Waals surface area (Å²) in [4.78, 5) is 11.2. The average molecular weight is 400 g/mol. The molecule has 0 radical (unpaired) electrons. The number of hydrogen-bond acceptors (Lipinski definition) is 3. The first-order valence-electron chi connectivity index (χ1n) is 8.03. The zero-order valence-electron chi connectivity index (χ0n) is 14.7. The number of anilines is 1. The van der Waals surface area contributed by atoms with Crippen LogP contribution >= 0.6 is 0 Å². The molecule has 2 aromatic carbocycles. The third-order valence-corrected chi connectivity index (χ3v) is 5.13. The van der Waals surface area contributed by atoms with Gasteiger partial charge in [0, 0.05) is 0 Å². The van der Waals surface area contributed by atoms with Gasteiger partial charge in [0.2, 0.25) is 5.91 Å². The van der Waals surface area contributed by atoms with E-state index in [4.69, 9.17) is 5.73 Å². The van der Waals surface area contributed by atoms with E-state index in [2.05, 4.69) is 0 Å². The molecule has 0 aliphatic rings. The molecule has 2 aromatic rings. The number of hydrogen-bond donors (Lipinski definition) is 2. The molecule has 146 valence electrons. The molecule has 0 heterocycles. The third kappa shape index (κ3) is 5.00. The fourth-order valence-corrected chi connectivity index (χ4v) is 3.95. The zero-order valence-corrected chi connectivity index (χ0v) is 15.5. The molecule has 0 fully saturated rings. The minimum absolute atomic E-state index is 0.207. The molecule has 0 aromatic heterocycles. The van der Waals surface area contributed by atoms with Crippen LogP contribution in [0.4, 0.5) is 18.9 Å². The van der Waals surface area contributed by atoms with Crippen molar-refractivity contribution in [3.8, 4) is 0 Å². The van der Waals surface area contributed by atoms with Gasteiger partial charge in [-0.15, -0.1) is 0 Å². The highest BCUT2D eigenvalue weighted by Crippen LogP contribution is 2.35. The highest BCUT2D eigenvalue weighted by molar-refractivity contribution is 7.92. The maximum absolute atomic E-state index is 13.1. The van der Waals surface area contributed by atoms with Gasteiger partial charge in [-0.1, -0.05) is 32.0 Å². The Morgan fingerprint density at radius 3 is 2.33 bits per heavy atom. The molecule has 0 atom stereocenters. The number of amides is 1. The van der Waals surface area contributed by atoms with Gasteiger partial charge in [0.05, 0.1) is 16.8 Å². The Bertz CT molecular complexity index is 955. The number of nitrogens with one attached hydrogen (secondary N) is 1. The maximum Gasteiger partial charge on any atom is 0.418 e. The summed E-state index contributed by atoms with van der Waals surface area (Å²) in [5.41, 5.74) is 3.81. The summed E-state index contributed by atoms with van der Waals surface area (Å²) in [5.74, 6) is -0.783. The number of halogens is 3. The summed E-state index contributed by atoms with van der Waals surface area (Å²) in [7, 11) is -4.48. The molecule has 0 saturated heterocycles. The zero-order chi connectivity index (χ0) is 20.4. The van der Waals surface area contributed by atoms with Gasteiger partial charge >= 0.3 is 6.18 Å². The van der Waals surface area contributed by atoms with E-state index < -0.39 is 38.3 Å². The van der Waals surface area contributed by atoms with Gasteiger partial charge in [-0.3, -0.25) is 9.52 Å². The Labute approximate surface area is 155 Å². The van der Waals surface area contributed by atoms with Gasteiger partial charge in [-0.25, -0.2) is 8.42 Å². The topological polar surface area (TPSA) is 89.3 Å². The summed E-state index contributed by atoms with van der Waals surface area (Å²) in [5, 5.41) is 0. The molecule has 9 heteroatoms. The number of para-hydroxylation sites is 1. The van der Waals surface area contributed by atoms with Gasteiger partial charge < -0.3 is 5.73 Å². The number of primary amides is 1. The minimum Gasteiger partial charge on any atom is -0.366 e. The Morgan fingerprint density at radius 2 is 1.78 bits per heavy atom. The van der Waals surface area contributed by atoms with Gasteiger partial charge in [0.15, 0.2) is 0 Å². The van der Waals surface area contributed by atoms with Gasteiger partial charge in [0.1, 0.15) is 4.90 Å². The van der Waals surface area contributed by atoms with Crippen LogP contribution in [0.2, 0.25) is 0 Å². The van der Waals surface area contributed by atoms with Gasteiger partial charge in [-0.2, -0.15) is 13.2 Å². The first-order valence-corrected chi connectivity index (χ1v) is 9.52. The van der Waals surface area contributed by atoms with Crippen LogP contribution in [0.1, 0.15) is 35.3 Å². The van der Waals surface area contributed by atoms with Crippen molar-refractivity contribution in [2.24, 2.45) is 11.7 Å². The van der Waals surface area contributed by atoms with E-state index in [9.17, 15) is 26.4 Å². The van der Waals surface area contributed by atoms with Crippen molar-refractivity contribution in [2.45, 2.75) is 31.3 Å². The summed E-state index contributed by atoms with van der Waals surface area (Å²) >= 11 is 0. The lowest BCUT2D eigenvalue weighted by Gasteiger charge is -2.16. The smallest absolute Gasteiger partial charge is 0.366 e. The molecule has 1 amide bonds. The molecule has 3 N–H and O–H groups in total. The van der Waals surface area contributed by atoms with Crippen LogP contribution in [0.15, 0.2) is 47.4 Å². The Kier molecular flexibility index (Phi) is 5.84. The standard InChI is InChI=1S/C18H19F3N2O3S/c1-11(2)9-12-7-8-13(17(22)24)16(10-12)27(25,26)23-15-6-4-3-5-14(15)18(19,20)21/h3-8,10-11,23H,9H2,1-2H3,(H2,22,24). The van der Waals surface area contributed by atoms with Gasteiger partial charge in [0.25, 0.3) is 10.0 Å². The van der Waals surface area contributed by atoms with E-state index in [0.717, 1.165) is 18.2 Å². The fraction of sp³-hybridized carbons (Fsp3) is 0.278. The van der Waals surface area contributed by atoms with Crippen LogP contribution in [0.5, 0.6) is 0 Å². The molecule has 0 unspecified atom stereocenters. The van der Waals surface area contributed by atoms with Crippen LogP contribution in [0.25, 0.3) is 0 Å². The predicted molar refractivity (Wildman–Crippen MR) is 95.8 cm³/mol. The van der Waals surface area contributed by atoms with Crippen molar-refractivity contribution in [3.05, 3.63) is 59.2 Å². The highest BCUT2D eigenvalue weighted by atomic mass is 32.2. The largest absolute Gasteiger partial charge is 0.418 e. The van der Waals surface area contributed by atoms with Crippen LogP contribution in [-0.4, -0.2) is 14.3 Å². The van der Waals surface area contributed by atoms with Crippen molar-refractivity contribution in [1.82, 2.24) is 0 Å². The normalized spacial score (nSPS) is 12.2. The third-order valence-electron chi connectivity index (χ3n) is 3.72. The fourth-order valence-electron chi connectivity index (χ4n) is 2.61. The number of carbonyl (C=O) groups is 1. The monoisotopic (exact) mass is 400 g/mol. The predicted octanol–water partition coefficient (Wildman–Crippen LogP) is 3.80. The minimum atomic E-state index is -4.74. The number of sulfonamides is 1. The SMILES string of the molecule is CC(C)Cc1ccc(C(N)=O)c(S(=O)(=O)Nc2ccccc2C(F)(F)F)c1. The number of carbonyl (C=O) groups excluding carboxylic acids is 1. The van der Waals surface area contributed by atoms with Crippen LogP contribution in [-0.2, 0) is 22.6 Å². The number of nitrogens with two attached hydrogens (primary N) is 1. The van der Waals surface area contributed by atoms with Crippen LogP contribution < -0.4 is 10.5 Å². The molecule has 0 aliphatic heterocycles. The Balaban J connectivity index is 2.55. The Morgan fingerprint density at radius 1 is 1.15 bits per heavy atom. The van der Waals surface area contributed by atoms with E-state index in [1.807, 2.05) is 18.6 Å². The number of benzene rings is 2. The highest BCUT2D eigenvalue weighted by Gasteiger charge is 2.34. The van der Waals surface area contributed by atoms with Crippen molar-refractivity contribution < 1.29 is 26.4 Å².